The molecule has 1 aromatic heterocycles. The second-order valence-corrected chi connectivity index (χ2v) is 3.76. The molecule has 1 atom stereocenters. The molecule has 1 unspecified atom stereocenters. The molecule has 0 spiro atoms. The minimum Gasteiger partial charge on any atom is -0.478 e. The Kier molecular flexibility index (Phi) is 4.37. The van der Waals surface area contributed by atoms with E-state index in [1.807, 2.05) is 20.8 Å². The van der Waals surface area contributed by atoms with Crippen LogP contribution in [0.25, 0.3) is 0 Å². The average Bonchev–Trinajstić information content (AvgIpc) is 2.25. The van der Waals surface area contributed by atoms with Crippen molar-refractivity contribution in [2.24, 2.45) is 5.92 Å². The summed E-state index contributed by atoms with van der Waals surface area (Å²) in [6, 6.07) is 0. The molecule has 0 aliphatic rings. The molecular formula is C11H16N2O3. The lowest BCUT2D eigenvalue weighted by molar-refractivity contribution is 0.0231. The number of carboxylic acid groups (broad SMARTS) is 1. The summed E-state index contributed by atoms with van der Waals surface area (Å²) in [5.41, 5.74) is 0.0859. The van der Waals surface area contributed by atoms with Crippen LogP contribution in [0.15, 0.2) is 12.4 Å². The Labute approximate surface area is 94.5 Å². The highest BCUT2D eigenvalue weighted by Crippen LogP contribution is 2.22. The van der Waals surface area contributed by atoms with Crippen LogP contribution in [0, 0.1) is 5.92 Å². The van der Waals surface area contributed by atoms with E-state index in [4.69, 9.17) is 9.84 Å². The average molecular weight is 224 g/mol. The first-order valence-electron chi connectivity index (χ1n) is 5.23. The van der Waals surface area contributed by atoms with Gasteiger partial charge >= 0.3 is 5.97 Å². The van der Waals surface area contributed by atoms with Crippen molar-refractivity contribution < 1.29 is 14.6 Å². The van der Waals surface area contributed by atoms with E-state index in [1.165, 1.54) is 12.4 Å². The van der Waals surface area contributed by atoms with Gasteiger partial charge in [0.05, 0.1) is 5.56 Å². The Morgan fingerprint density at radius 1 is 1.44 bits per heavy atom. The Hall–Kier alpha value is -1.49. The van der Waals surface area contributed by atoms with Crippen molar-refractivity contribution in [2.45, 2.75) is 26.9 Å². The molecule has 0 radical (unpaired) electrons. The SMILES string of the molecule is CCOC(c1ncc(C(=O)O)cn1)C(C)C. The predicted octanol–water partition coefficient (Wildman–Crippen LogP) is 1.91. The van der Waals surface area contributed by atoms with Crippen molar-refractivity contribution in [2.75, 3.05) is 6.61 Å². The molecule has 0 saturated carbocycles. The summed E-state index contributed by atoms with van der Waals surface area (Å²) in [6.07, 6.45) is 2.42. The molecule has 1 rings (SSSR count). The van der Waals surface area contributed by atoms with Gasteiger partial charge in [-0.15, -0.1) is 0 Å². The van der Waals surface area contributed by atoms with Gasteiger partial charge in [-0.3, -0.25) is 0 Å². The molecular weight excluding hydrogens is 208 g/mol. The first kappa shape index (κ1) is 12.6. The Morgan fingerprint density at radius 2 is 2.00 bits per heavy atom. The van der Waals surface area contributed by atoms with Crippen LogP contribution in [0.2, 0.25) is 0 Å². The zero-order valence-corrected chi connectivity index (χ0v) is 9.67. The number of hydrogen-bond acceptors (Lipinski definition) is 4. The van der Waals surface area contributed by atoms with E-state index in [0.29, 0.717) is 12.4 Å². The Balaban J connectivity index is 2.89. The lowest BCUT2D eigenvalue weighted by Crippen LogP contribution is -2.15. The molecule has 0 bridgehead atoms. The monoisotopic (exact) mass is 224 g/mol. The largest absolute Gasteiger partial charge is 0.478 e. The summed E-state index contributed by atoms with van der Waals surface area (Å²) in [5, 5.41) is 8.72. The highest BCUT2D eigenvalue weighted by Gasteiger charge is 2.19. The zero-order chi connectivity index (χ0) is 12.1. The number of rotatable bonds is 5. The maximum atomic E-state index is 10.6. The van der Waals surface area contributed by atoms with E-state index in [0.717, 1.165) is 0 Å². The maximum absolute atomic E-state index is 10.6. The molecule has 1 heterocycles. The molecule has 1 N–H and O–H groups in total. The lowest BCUT2D eigenvalue weighted by Gasteiger charge is -2.18. The van der Waals surface area contributed by atoms with Gasteiger partial charge in [0.25, 0.3) is 0 Å². The van der Waals surface area contributed by atoms with E-state index < -0.39 is 5.97 Å². The van der Waals surface area contributed by atoms with E-state index in [9.17, 15) is 4.79 Å². The molecule has 88 valence electrons. The summed E-state index contributed by atoms with van der Waals surface area (Å²) in [4.78, 5) is 18.7. The molecule has 0 aromatic carbocycles. The molecule has 0 aliphatic heterocycles. The van der Waals surface area contributed by atoms with Crippen LogP contribution in [0.4, 0.5) is 0 Å². The second-order valence-electron chi connectivity index (χ2n) is 3.76. The van der Waals surface area contributed by atoms with Gasteiger partial charge in [0, 0.05) is 19.0 Å². The van der Waals surface area contributed by atoms with Crippen LogP contribution in [-0.4, -0.2) is 27.7 Å². The summed E-state index contributed by atoms with van der Waals surface area (Å²) >= 11 is 0. The third-order valence-electron chi connectivity index (χ3n) is 2.12. The highest BCUT2D eigenvalue weighted by molar-refractivity contribution is 5.86. The normalized spacial score (nSPS) is 12.8. The molecule has 16 heavy (non-hydrogen) atoms. The van der Waals surface area contributed by atoms with E-state index in [2.05, 4.69) is 9.97 Å². The maximum Gasteiger partial charge on any atom is 0.338 e. The zero-order valence-electron chi connectivity index (χ0n) is 9.67. The molecule has 0 amide bonds. The van der Waals surface area contributed by atoms with Crippen molar-refractivity contribution in [3.63, 3.8) is 0 Å². The number of nitrogens with zero attached hydrogens (tertiary/aromatic N) is 2. The van der Waals surface area contributed by atoms with E-state index in [1.54, 1.807) is 0 Å². The smallest absolute Gasteiger partial charge is 0.338 e. The van der Waals surface area contributed by atoms with Gasteiger partial charge in [0.2, 0.25) is 0 Å². The Bertz CT molecular complexity index is 349. The van der Waals surface area contributed by atoms with Gasteiger partial charge in [-0.05, 0) is 12.8 Å². The van der Waals surface area contributed by atoms with Gasteiger partial charge in [0.1, 0.15) is 6.10 Å². The molecule has 0 saturated heterocycles. The van der Waals surface area contributed by atoms with Crippen molar-refractivity contribution in [3.8, 4) is 0 Å². The van der Waals surface area contributed by atoms with Gasteiger partial charge in [0.15, 0.2) is 5.82 Å². The van der Waals surface area contributed by atoms with Gasteiger partial charge in [-0.1, -0.05) is 13.8 Å². The number of hydrogen-bond donors (Lipinski definition) is 1. The van der Waals surface area contributed by atoms with E-state index >= 15 is 0 Å². The van der Waals surface area contributed by atoms with Crippen molar-refractivity contribution >= 4 is 5.97 Å². The van der Waals surface area contributed by atoms with Gasteiger partial charge in [-0.25, -0.2) is 14.8 Å². The third-order valence-corrected chi connectivity index (χ3v) is 2.12. The molecule has 0 aliphatic carbocycles. The van der Waals surface area contributed by atoms with Crippen LogP contribution in [-0.2, 0) is 4.74 Å². The second kappa shape index (κ2) is 5.55. The van der Waals surface area contributed by atoms with E-state index in [-0.39, 0.29) is 17.6 Å². The molecule has 0 fully saturated rings. The van der Waals surface area contributed by atoms with Gasteiger partial charge < -0.3 is 9.84 Å². The van der Waals surface area contributed by atoms with Crippen LogP contribution in [0.1, 0.15) is 43.1 Å². The fraction of sp³-hybridized carbons (Fsp3) is 0.545. The molecule has 1 aromatic rings. The topological polar surface area (TPSA) is 72.3 Å². The minimum absolute atomic E-state index is 0.0859. The first-order valence-corrected chi connectivity index (χ1v) is 5.23. The third kappa shape index (κ3) is 3.00. The minimum atomic E-state index is -1.02. The standard InChI is InChI=1S/C11H16N2O3/c1-4-16-9(7(2)3)10-12-5-8(6-13-10)11(14)15/h5-7,9H,4H2,1-3H3,(H,14,15). The van der Waals surface area contributed by atoms with Crippen molar-refractivity contribution in [3.05, 3.63) is 23.8 Å². The lowest BCUT2D eigenvalue weighted by atomic mass is 10.1. The van der Waals surface area contributed by atoms with Crippen LogP contribution in [0.3, 0.4) is 0 Å². The highest BCUT2D eigenvalue weighted by atomic mass is 16.5. The van der Waals surface area contributed by atoms with Crippen LogP contribution < -0.4 is 0 Å². The summed E-state index contributed by atoms with van der Waals surface area (Å²) in [7, 11) is 0. The van der Waals surface area contributed by atoms with Crippen LogP contribution in [0.5, 0.6) is 0 Å². The summed E-state index contributed by atoms with van der Waals surface area (Å²) in [5.74, 6) is -0.249. The summed E-state index contributed by atoms with van der Waals surface area (Å²) in [6.45, 7) is 6.50. The predicted molar refractivity (Wildman–Crippen MR) is 58.2 cm³/mol. The quantitative estimate of drug-likeness (QED) is 0.827. The number of carbonyl (C=O) groups is 1. The number of aromatic carboxylic acids is 1. The number of aromatic nitrogens is 2. The Morgan fingerprint density at radius 3 is 2.38 bits per heavy atom. The fourth-order valence-corrected chi connectivity index (χ4v) is 1.34. The fourth-order valence-electron chi connectivity index (χ4n) is 1.34. The number of ether oxygens (including phenoxy) is 1. The molecule has 5 nitrogen and oxygen atoms in total. The van der Waals surface area contributed by atoms with Crippen molar-refractivity contribution in [1.29, 1.82) is 0 Å². The first-order chi connectivity index (χ1) is 7.56. The van der Waals surface area contributed by atoms with Crippen molar-refractivity contribution in [1.82, 2.24) is 9.97 Å². The number of carboxylic acids is 1. The van der Waals surface area contributed by atoms with Gasteiger partial charge in [-0.2, -0.15) is 0 Å². The summed E-state index contributed by atoms with van der Waals surface area (Å²) < 4.78 is 5.52. The molecule has 5 heteroatoms. The van der Waals surface area contributed by atoms with Crippen LogP contribution >= 0.6 is 0 Å².